The topological polar surface area (TPSA) is 26.3 Å². The minimum absolute atomic E-state index is 0. The third-order valence-electron chi connectivity index (χ3n) is 3.29. The Morgan fingerprint density at radius 2 is 1.64 bits per heavy atom. The molecule has 0 aliphatic heterocycles. The number of carbonyl (C=O) groups is 1. The van der Waals surface area contributed by atoms with Crippen LogP contribution < -0.4 is 10.0 Å². The zero-order chi connectivity index (χ0) is 15.2. The summed E-state index contributed by atoms with van der Waals surface area (Å²) in [6, 6.07) is 13.8. The van der Waals surface area contributed by atoms with Crippen LogP contribution in [0.3, 0.4) is 0 Å². The molecule has 0 saturated heterocycles. The summed E-state index contributed by atoms with van der Waals surface area (Å²) in [7, 11) is 0.153. The second-order valence-corrected chi connectivity index (χ2v) is 6.38. The van der Waals surface area contributed by atoms with E-state index in [0.717, 1.165) is 40.8 Å². The van der Waals surface area contributed by atoms with Gasteiger partial charge in [-0.3, -0.25) is 4.79 Å². The second-order valence-electron chi connectivity index (χ2n) is 5.09. The molecule has 2 aromatic carbocycles. The van der Waals surface area contributed by atoms with Gasteiger partial charge in [-0.15, -0.1) is 0 Å². The van der Waals surface area contributed by atoms with Crippen LogP contribution in [0, 0.1) is 13.8 Å². The van der Waals surface area contributed by atoms with Gasteiger partial charge in [0, 0.05) is 5.56 Å². The fourth-order valence-electron chi connectivity index (χ4n) is 2.22. The summed E-state index contributed by atoms with van der Waals surface area (Å²) in [5, 5.41) is 1.05. The van der Waals surface area contributed by atoms with Crippen molar-refractivity contribution in [1.82, 2.24) is 0 Å². The Labute approximate surface area is 146 Å². The van der Waals surface area contributed by atoms with Crippen LogP contribution in [0.5, 0.6) is 5.75 Å². The van der Waals surface area contributed by atoms with Crippen LogP contribution in [0.25, 0.3) is 0 Å². The van der Waals surface area contributed by atoms with Crippen LogP contribution in [-0.4, -0.2) is 31.0 Å². The van der Waals surface area contributed by atoms with E-state index < -0.39 is 0 Å². The van der Waals surface area contributed by atoms with Gasteiger partial charge >= 0.3 is 18.9 Å². The molecule has 0 aliphatic rings. The number of ether oxygens (including phenoxy) is 1. The van der Waals surface area contributed by atoms with Crippen molar-refractivity contribution in [3.05, 3.63) is 59.2 Å². The van der Waals surface area contributed by atoms with Gasteiger partial charge in [-0.25, -0.2) is 0 Å². The van der Waals surface area contributed by atoms with Crippen LogP contribution in [0.1, 0.15) is 34.8 Å². The van der Waals surface area contributed by atoms with E-state index in [1.807, 2.05) is 56.3 Å². The van der Waals surface area contributed by atoms with E-state index in [9.17, 15) is 4.79 Å². The summed E-state index contributed by atoms with van der Waals surface area (Å²) in [6.45, 7) is 6.79. The van der Waals surface area contributed by atoms with Crippen LogP contribution in [0.15, 0.2) is 42.5 Å². The van der Waals surface area contributed by atoms with Crippen molar-refractivity contribution in [1.29, 1.82) is 0 Å². The molecular formula is C18H22LiO2P. The average Bonchev–Trinajstić information content (AvgIpc) is 2.46. The summed E-state index contributed by atoms with van der Waals surface area (Å²) >= 11 is 0. The molecule has 0 bridgehead atoms. The second kappa shape index (κ2) is 9.16. The first kappa shape index (κ1) is 19.0. The first-order valence-electron chi connectivity index (χ1n) is 7.22. The minimum atomic E-state index is 0. The summed E-state index contributed by atoms with van der Waals surface area (Å²) in [4.78, 5) is 12.5. The summed E-state index contributed by atoms with van der Waals surface area (Å²) in [6.07, 6.45) is 0.995. The first-order chi connectivity index (χ1) is 10.1. The molecule has 2 rings (SSSR count). The maximum absolute atomic E-state index is 12.5. The molecule has 2 nitrogen and oxygen atoms in total. The van der Waals surface area contributed by atoms with E-state index in [0.29, 0.717) is 0 Å². The molecule has 2 aromatic rings. The van der Waals surface area contributed by atoms with Crippen molar-refractivity contribution in [2.75, 3.05) is 6.61 Å². The molecule has 0 amide bonds. The van der Waals surface area contributed by atoms with Crippen molar-refractivity contribution < 1.29 is 9.53 Å². The Morgan fingerprint density at radius 1 is 1.05 bits per heavy atom. The Hall–Kier alpha value is -1.06. The Kier molecular flexibility index (Phi) is 7.91. The predicted octanol–water partition coefficient (Wildman–Crippen LogP) is 3.59. The van der Waals surface area contributed by atoms with Crippen LogP contribution in [0.2, 0.25) is 0 Å². The van der Waals surface area contributed by atoms with E-state index in [-0.39, 0.29) is 33.0 Å². The Bertz CT molecular complexity index is 603. The molecule has 0 N–H and O–H groups in total. The summed E-state index contributed by atoms with van der Waals surface area (Å²) in [5.41, 5.74) is 3.17. The van der Waals surface area contributed by atoms with E-state index in [1.54, 1.807) is 0 Å². The molecule has 0 heterocycles. The normalized spacial score (nSPS) is 10.5. The van der Waals surface area contributed by atoms with Crippen molar-refractivity contribution in [3.63, 3.8) is 0 Å². The monoisotopic (exact) mass is 308 g/mol. The zero-order valence-corrected chi connectivity index (χ0v) is 13.8. The maximum atomic E-state index is 12.5. The van der Waals surface area contributed by atoms with Crippen LogP contribution >= 0.6 is 8.58 Å². The van der Waals surface area contributed by atoms with Crippen molar-refractivity contribution in [3.8, 4) is 5.75 Å². The molecule has 0 aromatic heterocycles. The molecular weight excluding hydrogens is 286 g/mol. The molecule has 4 heteroatoms. The van der Waals surface area contributed by atoms with Crippen LogP contribution in [-0.2, 0) is 0 Å². The van der Waals surface area contributed by atoms with Gasteiger partial charge in [-0.1, -0.05) is 37.3 Å². The van der Waals surface area contributed by atoms with Gasteiger partial charge in [0.2, 0.25) is 0 Å². The molecule has 22 heavy (non-hydrogen) atoms. The van der Waals surface area contributed by atoms with E-state index in [2.05, 4.69) is 6.92 Å². The summed E-state index contributed by atoms with van der Waals surface area (Å²) in [5.74, 6) is 0.866. The molecule has 0 saturated carbocycles. The van der Waals surface area contributed by atoms with Crippen molar-refractivity contribution in [2.24, 2.45) is 0 Å². The molecule has 1 atom stereocenters. The average molecular weight is 308 g/mol. The quantitative estimate of drug-likeness (QED) is 0.602. The molecule has 0 fully saturated rings. The third-order valence-corrected chi connectivity index (χ3v) is 4.39. The van der Waals surface area contributed by atoms with E-state index in [1.165, 1.54) is 0 Å². The van der Waals surface area contributed by atoms with Gasteiger partial charge in [-0.2, -0.15) is 0 Å². The molecule has 1 unspecified atom stereocenters. The fourth-order valence-corrected chi connectivity index (χ4v) is 3.34. The standard InChI is InChI=1S/C18H21O2P.Li.H/c1-4-12-20-15-8-10-16(11-9-15)21-18(19)17-13(2)6-5-7-14(17)3;;/h5-11,21H,4,12H2,1-3H3;;. The number of carbonyl (C=O) groups excluding carboxylic acids is 1. The third kappa shape index (κ3) is 4.99. The van der Waals surface area contributed by atoms with Gasteiger partial charge in [-0.05, 0) is 57.4 Å². The molecule has 0 radical (unpaired) electrons. The van der Waals surface area contributed by atoms with Gasteiger partial charge in [0.25, 0.3) is 0 Å². The van der Waals surface area contributed by atoms with Crippen LogP contribution in [0.4, 0.5) is 0 Å². The van der Waals surface area contributed by atoms with E-state index >= 15 is 0 Å². The number of hydrogen-bond donors (Lipinski definition) is 0. The SMILES string of the molecule is CCCOc1ccc(PC(=O)c2c(C)cccc2C)cc1.[LiH]. The fraction of sp³-hybridized carbons (Fsp3) is 0.278. The zero-order valence-electron chi connectivity index (χ0n) is 12.8. The molecule has 112 valence electrons. The van der Waals surface area contributed by atoms with E-state index in [4.69, 9.17) is 4.74 Å². The number of hydrogen-bond acceptors (Lipinski definition) is 2. The van der Waals surface area contributed by atoms with Crippen molar-refractivity contribution >= 4 is 38.3 Å². The number of rotatable bonds is 6. The first-order valence-corrected chi connectivity index (χ1v) is 8.22. The van der Waals surface area contributed by atoms with Gasteiger partial charge < -0.3 is 4.74 Å². The predicted molar refractivity (Wildman–Crippen MR) is 97.6 cm³/mol. The molecule has 0 aliphatic carbocycles. The van der Waals surface area contributed by atoms with Gasteiger partial charge in [0.1, 0.15) is 5.75 Å². The Morgan fingerprint density at radius 3 is 2.18 bits per heavy atom. The molecule has 0 spiro atoms. The number of benzene rings is 2. The van der Waals surface area contributed by atoms with Crippen molar-refractivity contribution in [2.45, 2.75) is 27.2 Å². The summed E-state index contributed by atoms with van der Waals surface area (Å²) < 4.78 is 5.56. The number of aryl methyl sites for hydroxylation is 2. The van der Waals surface area contributed by atoms with Gasteiger partial charge in [0.05, 0.1) is 6.61 Å². The van der Waals surface area contributed by atoms with Gasteiger partial charge in [0.15, 0.2) is 5.52 Å². The Balaban J connectivity index is 0.00000242.